The molecule has 0 saturated heterocycles. The number of hydrogen-bond acceptors (Lipinski definition) is 1. The normalized spacial score (nSPS) is 61.8. The summed E-state index contributed by atoms with van der Waals surface area (Å²) >= 11 is 7.26. The van der Waals surface area contributed by atoms with Crippen LogP contribution in [-0.4, -0.2) is 10.8 Å². The maximum atomic E-state index is 14.3. The van der Waals surface area contributed by atoms with E-state index in [0.717, 1.165) is 41.4 Å². The molecule has 0 unspecified atom stereocenters. The predicted molar refractivity (Wildman–Crippen MR) is 95.2 cm³/mol. The fourth-order valence-corrected chi connectivity index (χ4v) is 14.5. The van der Waals surface area contributed by atoms with E-state index in [0.29, 0.717) is 5.66 Å². The molecule has 8 aliphatic carbocycles. The van der Waals surface area contributed by atoms with Gasteiger partial charge in [-0.1, -0.05) is 11.2 Å². The monoisotopic (exact) mass is 352 g/mol. The Bertz CT molecular complexity index is 521. The zero-order valence-corrected chi connectivity index (χ0v) is 15.8. The molecule has 0 aromatic rings. The Hall–Kier alpha value is 0.520. The molecule has 1 nitrogen and oxygen atoms in total. The summed E-state index contributed by atoms with van der Waals surface area (Å²) in [6.45, 7) is -2.58. The minimum Gasteiger partial charge on any atom is -0.306 e. The summed E-state index contributed by atoms with van der Waals surface area (Å²) in [5.41, 5.74) is 0.410. The SMILES string of the molecule is O=[P@](Cl)(C1C2CC3CC(C2)CC1C3)C12CC3CC(CC(C3)C1)C2. The highest BCUT2D eigenvalue weighted by Crippen LogP contribution is 2.81. The van der Waals surface area contributed by atoms with Crippen LogP contribution in [0.5, 0.6) is 0 Å². The Kier molecular flexibility index (Phi) is 2.94. The van der Waals surface area contributed by atoms with Crippen molar-refractivity contribution in [1.82, 2.24) is 0 Å². The van der Waals surface area contributed by atoms with Crippen LogP contribution in [-0.2, 0) is 4.57 Å². The first-order valence-corrected chi connectivity index (χ1v) is 13.0. The van der Waals surface area contributed by atoms with Gasteiger partial charge in [0.1, 0.15) is 0 Å². The van der Waals surface area contributed by atoms with Crippen LogP contribution in [0.15, 0.2) is 0 Å². The summed E-state index contributed by atoms with van der Waals surface area (Å²) in [5.74, 6) is 5.97. The Morgan fingerprint density at radius 1 is 0.652 bits per heavy atom. The first-order chi connectivity index (χ1) is 11.0. The molecule has 0 aromatic carbocycles. The van der Waals surface area contributed by atoms with Crippen molar-refractivity contribution >= 4 is 17.7 Å². The predicted octanol–water partition coefficient (Wildman–Crippen LogP) is 6.30. The van der Waals surface area contributed by atoms with Gasteiger partial charge in [0.25, 0.3) is 0 Å². The molecule has 0 aromatic heterocycles. The molecular formula is C20H30ClOP. The molecule has 23 heavy (non-hydrogen) atoms. The Balaban J connectivity index is 1.38. The highest BCUT2D eigenvalue weighted by Gasteiger charge is 2.64. The summed E-state index contributed by atoms with van der Waals surface area (Å²) in [7, 11) is 0. The zero-order chi connectivity index (χ0) is 15.4. The molecule has 3 heteroatoms. The largest absolute Gasteiger partial charge is 0.306 e. The van der Waals surface area contributed by atoms with Crippen molar-refractivity contribution < 1.29 is 4.57 Å². The smallest absolute Gasteiger partial charge is 0.178 e. The van der Waals surface area contributed by atoms with Crippen molar-refractivity contribution in [3.05, 3.63) is 0 Å². The van der Waals surface area contributed by atoms with Crippen molar-refractivity contribution in [1.29, 1.82) is 0 Å². The van der Waals surface area contributed by atoms with Gasteiger partial charge in [-0.2, -0.15) is 0 Å². The second-order valence-corrected chi connectivity index (χ2v) is 14.8. The molecule has 0 aliphatic heterocycles. The first-order valence-electron chi connectivity index (χ1n) is 10.3. The van der Waals surface area contributed by atoms with Crippen molar-refractivity contribution in [2.24, 2.45) is 41.4 Å². The average Bonchev–Trinajstić information content (AvgIpc) is 2.44. The van der Waals surface area contributed by atoms with Gasteiger partial charge in [0.2, 0.25) is 0 Å². The highest BCUT2D eigenvalue weighted by atomic mass is 35.7. The number of hydrogen-bond donors (Lipinski definition) is 0. The van der Waals surface area contributed by atoms with Gasteiger partial charge in [0.05, 0.1) is 0 Å². The Morgan fingerprint density at radius 2 is 1.04 bits per heavy atom. The van der Waals surface area contributed by atoms with E-state index in [-0.39, 0.29) is 5.16 Å². The summed E-state index contributed by atoms with van der Waals surface area (Å²) in [4.78, 5) is 0. The van der Waals surface area contributed by atoms with Crippen molar-refractivity contribution in [2.45, 2.75) is 81.4 Å². The summed E-state index contributed by atoms with van der Waals surface area (Å²) in [6, 6.07) is 0. The molecule has 128 valence electrons. The van der Waals surface area contributed by atoms with E-state index in [2.05, 4.69) is 0 Å². The third-order valence-electron chi connectivity index (χ3n) is 9.21. The van der Waals surface area contributed by atoms with Gasteiger partial charge in [-0.3, -0.25) is 0 Å². The van der Waals surface area contributed by atoms with E-state index in [1.807, 2.05) is 0 Å². The maximum absolute atomic E-state index is 14.3. The molecule has 0 radical (unpaired) electrons. The molecule has 8 fully saturated rings. The first kappa shape index (κ1) is 14.7. The molecule has 0 N–H and O–H groups in total. The molecular weight excluding hydrogens is 323 g/mol. The summed E-state index contributed by atoms with van der Waals surface area (Å²) < 4.78 is 14.3. The molecule has 8 bridgehead atoms. The van der Waals surface area contributed by atoms with E-state index < -0.39 is 6.49 Å². The van der Waals surface area contributed by atoms with Gasteiger partial charge in [-0.05, 0) is 112 Å². The lowest BCUT2D eigenvalue weighted by molar-refractivity contribution is 0.0124. The fourth-order valence-electron chi connectivity index (χ4n) is 9.19. The van der Waals surface area contributed by atoms with E-state index in [1.54, 1.807) is 0 Å². The van der Waals surface area contributed by atoms with Gasteiger partial charge < -0.3 is 4.57 Å². The average molecular weight is 353 g/mol. The number of rotatable bonds is 2. The molecule has 0 amide bonds. The van der Waals surface area contributed by atoms with E-state index in [9.17, 15) is 4.57 Å². The second kappa shape index (κ2) is 4.62. The van der Waals surface area contributed by atoms with Crippen LogP contribution in [0.25, 0.3) is 0 Å². The van der Waals surface area contributed by atoms with E-state index in [1.165, 1.54) is 70.6 Å². The van der Waals surface area contributed by atoms with Crippen molar-refractivity contribution in [3.8, 4) is 0 Å². The summed E-state index contributed by atoms with van der Waals surface area (Å²) in [5, 5.41) is 0.0728. The minimum atomic E-state index is -2.58. The van der Waals surface area contributed by atoms with Crippen LogP contribution < -0.4 is 0 Å². The lowest BCUT2D eigenvalue weighted by Gasteiger charge is -2.62. The van der Waals surface area contributed by atoms with Crippen molar-refractivity contribution in [2.75, 3.05) is 0 Å². The lowest BCUT2D eigenvalue weighted by atomic mass is 9.55. The topological polar surface area (TPSA) is 17.1 Å². The molecule has 0 heterocycles. The molecule has 0 spiro atoms. The van der Waals surface area contributed by atoms with Gasteiger partial charge in [-0.15, -0.1) is 0 Å². The molecule has 8 rings (SSSR count). The molecule has 1 atom stereocenters. The standard InChI is InChI=1S/C20H30ClOP/c21-23(22,19-17-5-12-1-13(7-17)8-18(19)6-12)20-9-14-2-15(10-20)4-16(3-14)11-20/h12-19H,1-11H2/t12?,13?,14?,15?,16?,17?,18?,19?,20?,23-/m1/s1. The Morgan fingerprint density at radius 3 is 1.48 bits per heavy atom. The zero-order valence-electron chi connectivity index (χ0n) is 14.1. The van der Waals surface area contributed by atoms with Crippen LogP contribution in [0.1, 0.15) is 70.6 Å². The van der Waals surface area contributed by atoms with Gasteiger partial charge in [-0.25, -0.2) is 0 Å². The Labute approximate surface area is 145 Å². The van der Waals surface area contributed by atoms with Crippen LogP contribution in [0.2, 0.25) is 0 Å². The summed E-state index contributed by atoms with van der Waals surface area (Å²) in [6.07, 6.45) is 14.9. The third-order valence-corrected chi connectivity index (χ3v) is 14.4. The van der Waals surface area contributed by atoms with Crippen LogP contribution in [0.4, 0.5) is 0 Å². The third kappa shape index (κ3) is 1.91. The van der Waals surface area contributed by atoms with E-state index >= 15 is 0 Å². The maximum Gasteiger partial charge on any atom is 0.178 e. The van der Waals surface area contributed by atoms with Gasteiger partial charge >= 0.3 is 0 Å². The van der Waals surface area contributed by atoms with E-state index in [4.69, 9.17) is 11.2 Å². The van der Waals surface area contributed by atoms with Crippen molar-refractivity contribution in [3.63, 3.8) is 0 Å². The van der Waals surface area contributed by atoms with Gasteiger partial charge in [0, 0.05) is 10.8 Å². The fraction of sp³-hybridized carbons (Fsp3) is 1.00. The molecule has 8 saturated carbocycles. The minimum absolute atomic E-state index is 0.0728. The van der Waals surface area contributed by atoms with Gasteiger partial charge in [0.15, 0.2) is 6.49 Å². The lowest BCUT2D eigenvalue weighted by Crippen LogP contribution is -2.54. The molecule has 8 aliphatic rings. The van der Waals surface area contributed by atoms with Crippen LogP contribution in [0, 0.1) is 41.4 Å². The van der Waals surface area contributed by atoms with Crippen LogP contribution in [0.3, 0.4) is 0 Å². The quantitative estimate of drug-likeness (QED) is 0.533. The van der Waals surface area contributed by atoms with Crippen LogP contribution >= 0.6 is 17.7 Å². The highest BCUT2D eigenvalue weighted by molar-refractivity contribution is 7.91. The second-order valence-electron chi connectivity index (χ2n) is 10.6. The number of halogens is 1.